The van der Waals surface area contributed by atoms with E-state index in [1.807, 2.05) is 0 Å². The number of aromatic nitrogens is 2. The average Bonchev–Trinajstić information content (AvgIpc) is 2.26. The number of carboxylic acids is 1. The van der Waals surface area contributed by atoms with E-state index < -0.39 is 17.8 Å². The molecule has 9 nitrogen and oxygen atoms in total. The number of aromatic carboxylic acids is 1. The van der Waals surface area contributed by atoms with Gasteiger partial charge in [0.2, 0.25) is 11.8 Å². The molecule has 1 rings (SSSR count). The first-order valence-corrected chi connectivity index (χ1v) is 5.19. The first-order chi connectivity index (χ1) is 8.81. The molecule has 0 saturated heterocycles. The lowest BCUT2D eigenvalue weighted by atomic mass is 10.2. The fourth-order valence-corrected chi connectivity index (χ4v) is 1.43. The first-order valence-electron chi connectivity index (χ1n) is 5.19. The molecule has 1 heterocycles. The van der Waals surface area contributed by atoms with Crippen LogP contribution in [0.3, 0.4) is 0 Å². The van der Waals surface area contributed by atoms with Crippen LogP contribution in [0.4, 0.5) is 5.82 Å². The van der Waals surface area contributed by atoms with Crippen molar-refractivity contribution < 1.29 is 19.5 Å². The van der Waals surface area contributed by atoms with Crippen LogP contribution >= 0.6 is 0 Å². The van der Waals surface area contributed by atoms with Crippen molar-refractivity contribution in [2.24, 2.45) is 11.5 Å². The van der Waals surface area contributed by atoms with Crippen LogP contribution in [-0.4, -0.2) is 45.9 Å². The van der Waals surface area contributed by atoms with Gasteiger partial charge >= 0.3 is 5.97 Å². The summed E-state index contributed by atoms with van der Waals surface area (Å²) in [5.41, 5.74) is 9.85. The minimum atomic E-state index is -1.28. The Morgan fingerprint density at radius 1 is 1.26 bits per heavy atom. The third-order valence-corrected chi connectivity index (χ3v) is 2.11. The van der Waals surface area contributed by atoms with Crippen molar-refractivity contribution in [2.45, 2.75) is 6.92 Å². The molecule has 0 atom stereocenters. The molecule has 0 bridgehead atoms. The van der Waals surface area contributed by atoms with Gasteiger partial charge in [0.05, 0.1) is 13.1 Å². The fourth-order valence-electron chi connectivity index (χ4n) is 1.43. The van der Waals surface area contributed by atoms with Gasteiger partial charge in [-0.1, -0.05) is 0 Å². The zero-order valence-corrected chi connectivity index (χ0v) is 10.2. The van der Waals surface area contributed by atoms with Crippen LogP contribution in [-0.2, 0) is 9.59 Å². The van der Waals surface area contributed by atoms with E-state index in [0.29, 0.717) is 5.82 Å². The molecule has 0 aliphatic heterocycles. The van der Waals surface area contributed by atoms with E-state index in [9.17, 15) is 14.4 Å². The van der Waals surface area contributed by atoms with Gasteiger partial charge in [0, 0.05) is 6.20 Å². The number of hydrogen-bond acceptors (Lipinski definition) is 6. The molecule has 1 aromatic heterocycles. The van der Waals surface area contributed by atoms with Gasteiger partial charge < -0.3 is 21.5 Å². The molecule has 0 spiro atoms. The number of nitrogens with zero attached hydrogens (tertiary/aromatic N) is 3. The van der Waals surface area contributed by atoms with E-state index in [1.165, 1.54) is 0 Å². The van der Waals surface area contributed by atoms with Crippen molar-refractivity contribution in [3.8, 4) is 0 Å². The number of nitrogens with two attached hydrogens (primary N) is 2. The van der Waals surface area contributed by atoms with E-state index in [1.54, 1.807) is 6.92 Å². The maximum absolute atomic E-state index is 11.1. The van der Waals surface area contributed by atoms with Gasteiger partial charge in [-0.25, -0.2) is 14.8 Å². The largest absolute Gasteiger partial charge is 0.477 e. The summed E-state index contributed by atoms with van der Waals surface area (Å²) >= 11 is 0. The van der Waals surface area contributed by atoms with Gasteiger partial charge in [0.25, 0.3) is 0 Å². The second kappa shape index (κ2) is 5.76. The standard InChI is InChI=1S/C10H13N5O4/c1-5-13-2-6(10(18)19)9(14-5)15(3-7(11)16)4-8(12)17/h2H,3-4H2,1H3,(H2,11,16)(H2,12,17)(H,18,19). The number of anilines is 1. The van der Waals surface area contributed by atoms with E-state index in [4.69, 9.17) is 16.6 Å². The molecule has 0 aliphatic carbocycles. The van der Waals surface area contributed by atoms with Crippen molar-refractivity contribution in [2.75, 3.05) is 18.0 Å². The Labute approximate surface area is 108 Å². The molecule has 19 heavy (non-hydrogen) atoms. The molecule has 0 saturated carbocycles. The predicted octanol–water partition coefficient (Wildman–Crippen LogP) is -1.74. The predicted molar refractivity (Wildman–Crippen MR) is 64.3 cm³/mol. The maximum Gasteiger partial charge on any atom is 0.341 e. The Kier molecular flexibility index (Phi) is 4.35. The second-order valence-corrected chi connectivity index (χ2v) is 3.75. The molecule has 9 heteroatoms. The van der Waals surface area contributed by atoms with Gasteiger partial charge in [-0.05, 0) is 6.92 Å². The Balaban J connectivity index is 3.26. The topological polar surface area (TPSA) is 152 Å². The van der Waals surface area contributed by atoms with Crippen LogP contribution in [0.15, 0.2) is 6.20 Å². The molecule has 5 N–H and O–H groups in total. The highest BCUT2D eigenvalue weighted by Gasteiger charge is 2.21. The van der Waals surface area contributed by atoms with Crippen LogP contribution in [0, 0.1) is 6.92 Å². The van der Waals surface area contributed by atoms with Crippen LogP contribution in [0.1, 0.15) is 16.2 Å². The van der Waals surface area contributed by atoms with E-state index in [2.05, 4.69) is 9.97 Å². The van der Waals surface area contributed by atoms with Crippen molar-refractivity contribution in [1.82, 2.24) is 9.97 Å². The van der Waals surface area contributed by atoms with Gasteiger partial charge in [0.15, 0.2) is 0 Å². The molecule has 0 fully saturated rings. The normalized spacial score (nSPS) is 9.95. The number of carbonyl (C=O) groups is 3. The van der Waals surface area contributed by atoms with Crippen LogP contribution in [0.25, 0.3) is 0 Å². The second-order valence-electron chi connectivity index (χ2n) is 3.75. The zero-order valence-electron chi connectivity index (χ0n) is 10.2. The smallest absolute Gasteiger partial charge is 0.341 e. The number of primary amides is 2. The van der Waals surface area contributed by atoms with Crippen molar-refractivity contribution >= 4 is 23.6 Å². The van der Waals surface area contributed by atoms with Gasteiger partial charge in [-0.3, -0.25) is 9.59 Å². The molecular formula is C10H13N5O4. The summed E-state index contributed by atoms with van der Waals surface area (Å²) in [6.07, 6.45) is 1.09. The van der Waals surface area contributed by atoms with E-state index >= 15 is 0 Å². The monoisotopic (exact) mass is 267 g/mol. The molecular weight excluding hydrogens is 254 g/mol. The molecule has 102 valence electrons. The third-order valence-electron chi connectivity index (χ3n) is 2.11. The molecule has 0 radical (unpaired) electrons. The van der Waals surface area contributed by atoms with Crippen molar-refractivity contribution in [1.29, 1.82) is 0 Å². The van der Waals surface area contributed by atoms with E-state index in [0.717, 1.165) is 11.1 Å². The maximum atomic E-state index is 11.1. The van der Waals surface area contributed by atoms with Crippen molar-refractivity contribution in [3.63, 3.8) is 0 Å². The highest BCUT2D eigenvalue weighted by Crippen LogP contribution is 2.16. The summed E-state index contributed by atoms with van der Waals surface area (Å²) in [6.45, 7) is 0.793. The summed E-state index contributed by atoms with van der Waals surface area (Å²) < 4.78 is 0. The molecule has 0 aliphatic rings. The zero-order chi connectivity index (χ0) is 14.6. The number of amides is 2. The Bertz CT molecular complexity index is 515. The highest BCUT2D eigenvalue weighted by atomic mass is 16.4. The van der Waals surface area contributed by atoms with Gasteiger partial charge in [-0.2, -0.15) is 0 Å². The van der Waals surface area contributed by atoms with Crippen LogP contribution in [0.5, 0.6) is 0 Å². The van der Waals surface area contributed by atoms with Gasteiger partial charge in [-0.15, -0.1) is 0 Å². The number of hydrogen-bond donors (Lipinski definition) is 3. The van der Waals surface area contributed by atoms with Crippen LogP contribution < -0.4 is 16.4 Å². The van der Waals surface area contributed by atoms with E-state index in [-0.39, 0.29) is 24.5 Å². The molecule has 0 unspecified atom stereocenters. The van der Waals surface area contributed by atoms with Crippen LogP contribution in [0.2, 0.25) is 0 Å². The van der Waals surface area contributed by atoms with Crippen molar-refractivity contribution in [3.05, 3.63) is 17.6 Å². The minimum Gasteiger partial charge on any atom is -0.477 e. The summed E-state index contributed by atoms with van der Waals surface area (Å²) in [6, 6.07) is 0. The third kappa shape index (κ3) is 3.91. The Hall–Kier alpha value is -2.71. The summed E-state index contributed by atoms with van der Waals surface area (Å²) in [4.78, 5) is 41.8. The number of rotatable bonds is 6. The molecule has 1 aromatic rings. The number of aryl methyl sites for hydroxylation is 1. The number of carbonyl (C=O) groups excluding carboxylic acids is 2. The average molecular weight is 267 g/mol. The SMILES string of the molecule is Cc1ncc(C(=O)O)c(N(CC(N)=O)CC(N)=O)n1. The minimum absolute atomic E-state index is 0.0717. The van der Waals surface area contributed by atoms with Gasteiger partial charge in [0.1, 0.15) is 17.2 Å². The summed E-state index contributed by atoms with van der Waals surface area (Å²) in [7, 11) is 0. The summed E-state index contributed by atoms with van der Waals surface area (Å²) in [5, 5.41) is 9.03. The lowest BCUT2D eigenvalue weighted by molar-refractivity contribution is -0.117. The Morgan fingerprint density at radius 3 is 2.21 bits per heavy atom. The fraction of sp³-hybridized carbons (Fsp3) is 0.300. The first kappa shape index (κ1) is 14.4. The summed E-state index contributed by atoms with van der Waals surface area (Å²) in [5.74, 6) is -2.55. The quantitative estimate of drug-likeness (QED) is 0.553. The highest BCUT2D eigenvalue weighted by molar-refractivity contribution is 5.95. The lowest BCUT2D eigenvalue weighted by Gasteiger charge is -2.22. The molecule has 2 amide bonds. The molecule has 0 aromatic carbocycles. The lowest BCUT2D eigenvalue weighted by Crippen LogP contribution is -2.41. The Morgan fingerprint density at radius 2 is 1.79 bits per heavy atom. The number of carboxylic acid groups (broad SMARTS) is 1.